The van der Waals surface area contributed by atoms with Crippen LogP contribution in [0.2, 0.25) is 0 Å². The van der Waals surface area contributed by atoms with Crippen molar-refractivity contribution in [3.8, 4) is 0 Å². The zero-order valence-electron chi connectivity index (χ0n) is 10.8. The summed E-state index contributed by atoms with van der Waals surface area (Å²) in [5.74, 6) is 0.826. The van der Waals surface area contributed by atoms with Gasteiger partial charge in [-0.25, -0.2) is 4.79 Å². The molecule has 90 valence electrons. The number of methoxy groups -OCH3 is 1. The van der Waals surface area contributed by atoms with Crippen molar-refractivity contribution in [2.45, 2.75) is 40.0 Å². The van der Waals surface area contributed by atoms with Gasteiger partial charge in [-0.2, -0.15) is 0 Å². The van der Waals surface area contributed by atoms with Gasteiger partial charge in [-0.1, -0.05) is 27.4 Å². The summed E-state index contributed by atoms with van der Waals surface area (Å²) >= 11 is 0. The molecule has 0 heterocycles. The van der Waals surface area contributed by atoms with Gasteiger partial charge in [0.05, 0.1) is 7.11 Å². The molecule has 2 bridgehead atoms. The number of carbonyl (C=O) groups excluding carboxylic acids is 1. The summed E-state index contributed by atoms with van der Waals surface area (Å²) in [7, 11) is 1.44. The predicted octanol–water partition coefficient (Wildman–Crippen LogP) is 3.18. The van der Waals surface area contributed by atoms with E-state index in [0.29, 0.717) is 16.9 Å². The minimum atomic E-state index is -0.227. The number of fused-ring (bicyclic) bond motifs is 2. The highest BCUT2D eigenvalue weighted by Crippen LogP contribution is 2.69. The van der Waals surface area contributed by atoms with Crippen LogP contribution in [0.25, 0.3) is 0 Å². The fourth-order valence-corrected chi connectivity index (χ4v) is 4.00. The van der Waals surface area contributed by atoms with Gasteiger partial charge in [0.2, 0.25) is 0 Å². The van der Waals surface area contributed by atoms with Crippen molar-refractivity contribution in [2.75, 3.05) is 7.11 Å². The molecule has 2 heteroatoms. The second-order valence-electron chi connectivity index (χ2n) is 6.18. The molecule has 2 aliphatic rings. The van der Waals surface area contributed by atoms with Crippen molar-refractivity contribution < 1.29 is 9.53 Å². The summed E-state index contributed by atoms with van der Waals surface area (Å²) in [6.45, 7) is 11.0. The van der Waals surface area contributed by atoms with Gasteiger partial charge in [-0.3, -0.25) is 0 Å². The summed E-state index contributed by atoms with van der Waals surface area (Å²) < 4.78 is 4.81. The third kappa shape index (κ3) is 1.22. The van der Waals surface area contributed by atoms with Gasteiger partial charge in [-0.05, 0) is 41.9 Å². The molecular weight excluding hydrogens is 200 g/mol. The van der Waals surface area contributed by atoms with Crippen LogP contribution in [0.3, 0.4) is 0 Å². The zero-order chi connectivity index (χ0) is 12.1. The second kappa shape index (κ2) is 3.35. The first-order valence-electron chi connectivity index (χ1n) is 6.11. The molecule has 0 aromatic carbocycles. The fraction of sp³-hybridized carbons (Fsp3) is 0.786. The Kier molecular flexibility index (Phi) is 2.45. The molecule has 2 saturated carbocycles. The minimum absolute atomic E-state index is 0.225. The normalized spacial score (nSPS) is 39.8. The first kappa shape index (κ1) is 11.7. The van der Waals surface area contributed by atoms with E-state index in [-0.39, 0.29) is 11.4 Å². The molecule has 0 N–H and O–H groups in total. The Morgan fingerprint density at radius 1 is 1.38 bits per heavy atom. The van der Waals surface area contributed by atoms with Gasteiger partial charge in [-0.15, -0.1) is 0 Å². The third-order valence-electron chi connectivity index (χ3n) is 5.66. The van der Waals surface area contributed by atoms with Crippen molar-refractivity contribution in [1.82, 2.24) is 0 Å². The lowest BCUT2D eigenvalue weighted by Crippen LogP contribution is -2.34. The van der Waals surface area contributed by atoms with Crippen LogP contribution in [0.15, 0.2) is 12.2 Å². The molecule has 0 radical (unpaired) electrons. The van der Waals surface area contributed by atoms with Gasteiger partial charge in [0.1, 0.15) is 0 Å². The molecule has 0 aromatic rings. The molecule has 3 unspecified atom stereocenters. The lowest BCUT2D eigenvalue weighted by molar-refractivity contribution is -0.137. The fourth-order valence-electron chi connectivity index (χ4n) is 4.00. The van der Waals surface area contributed by atoms with E-state index in [9.17, 15) is 4.79 Å². The smallest absolute Gasteiger partial charge is 0.333 e. The highest BCUT2D eigenvalue weighted by atomic mass is 16.5. The van der Waals surface area contributed by atoms with Crippen molar-refractivity contribution in [3.05, 3.63) is 12.2 Å². The maximum atomic E-state index is 11.6. The molecule has 2 fully saturated rings. The third-order valence-corrected chi connectivity index (χ3v) is 5.66. The largest absolute Gasteiger partial charge is 0.466 e. The molecular formula is C14H22O2. The number of hydrogen-bond donors (Lipinski definition) is 0. The summed E-state index contributed by atoms with van der Waals surface area (Å²) in [4.78, 5) is 11.6. The van der Waals surface area contributed by atoms with Crippen LogP contribution < -0.4 is 0 Å². The van der Waals surface area contributed by atoms with Crippen LogP contribution in [-0.2, 0) is 9.53 Å². The SMILES string of the molecule is C=C(C(=O)OC)C1CC2CCC1(C)C2(C)C. The number of rotatable bonds is 2. The molecule has 0 aliphatic heterocycles. The van der Waals surface area contributed by atoms with Crippen LogP contribution in [0.4, 0.5) is 0 Å². The molecule has 16 heavy (non-hydrogen) atoms. The quantitative estimate of drug-likeness (QED) is 0.530. The molecule has 2 nitrogen and oxygen atoms in total. The average Bonchev–Trinajstić information content (AvgIpc) is 2.58. The van der Waals surface area contributed by atoms with Crippen LogP contribution in [0, 0.1) is 22.7 Å². The van der Waals surface area contributed by atoms with Gasteiger partial charge in [0, 0.05) is 5.57 Å². The van der Waals surface area contributed by atoms with Crippen molar-refractivity contribution in [2.24, 2.45) is 22.7 Å². The van der Waals surface area contributed by atoms with E-state index in [0.717, 1.165) is 12.3 Å². The highest BCUT2D eigenvalue weighted by Gasteiger charge is 2.62. The average molecular weight is 222 g/mol. The van der Waals surface area contributed by atoms with E-state index in [1.807, 2.05) is 0 Å². The van der Waals surface area contributed by atoms with Crippen LogP contribution >= 0.6 is 0 Å². The van der Waals surface area contributed by atoms with Gasteiger partial charge < -0.3 is 4.74 Å². The van der Waals surface area contributed by atoms with Crippen LogP contribution in [0.1, 0.15) is 40.0 Å². The number of ether oxygens (including phenoxy) is 1. The summed E-state index contributed by atoms with van der Waals surface area (Å²) in [5, 5.41) is 0. The van der Waals surface area contributed by atoms with E-state index in [4.69, 9.17) is 4.74 Å². The maximum Gasteiger partial charge on any atom is 0.333 e. The number of carbonyl (C=O) groups is 1. The molecule has 0 saturated heterocycles. The second-order valence-corrected chi connectivity index (χ2v) is 6.18. The standard InChI is InChI=1S/C14H22O2/c1-9(12(15)16-5)11-8-10-6-7-14(11,4)13(10,2)3/h10-11H,1,6-8H2,2-5H3. The van der Waals surface area contributed by atoms with E-state index < -0.39 is 0 Å². The van der Waals surface area contributed by atoms with Crippen molar-refractivity contribution in [1.29, 1.82) is 0 Å². The van der Waals surface area contributed by atoms with Crippen LogP contribution in [-0.4, -0.2) is 13.1 Å². The minimum Gasteiger partial charge on any atom is -0.466 e. The summed E-state index contributed by atoms with van der Waals surface area (Å²) in [6, 6.07) is 0. The Bertz CT molecular complexity index is 343. The van der Waals surface area contributed by atoms with Gasteiger partial charge >= 0.3 is 5.97 Å². The Labute approximate surface area is 98.1 Å². The lowest BCUT2D eigenvalue weighted by atomic mass is 9.65. The first-order valence-corrected chi connectivity index (χ1v) is 6.11. The molecule has 0 spiro atoms. The Morgan fingerprint density at radius 3 is 2.38 bits per heavy atom. The van der Waals surface area contributed by atoms with E-state index in [2.05, 4.69) is 27.4 Å². The van der Waals surface area contributed by atoms with E-state index in [1.165, 1.54) is 20.0 Å². The van der Waals surface area contributed by atoms with Gasteiger partial charge in [0.25, 0.3) is 0 Å². The topological polar surface area (TPSA) is 26.3 Å². The molecule has 0 aromatic heterocycles. The molecule has 0 amide bonds. The molecule has 2 aliphatic carbocycles. The van der Waals surface area contributed by atoms with Crippen LogP contribution in [0.5, 0.6) is 0 Å². The monoisotopic (exact) mass is 222 g/mol. The molecule has 2 rings (SSSR count). The molecule has 3 atom stereocenters. The van der Waals surface area contributed by atoms with E-state index >= 15 is 0 Å². The highest BCUT2D eigenvalue weighted by molar-refractivity contribution is 5.88. The summed E-state index contributed by atoms with van der Waals surface area (Å²) in [5.41, 5.74) is 1.23. The van der Waals surface area contributed by atoms with Gasteiger partial charge in [0.15, 0.2) is 0 Å². The Morgan fingerprint density at radius 2 is 2.00 bits per heavy atom. The number of hydrogen-bond acceptors (Lipinski definition) is 2. The summed E-state index contributed by atoms with van der Waals surface area (Å²) in [6.07, 6.45) is 3.62. The Hall–Kier alpha value is -0.790. The van der Waals surface area contributed by atoms with E-state index in [1.54, 1.807) is 0 Å². The predicted molar refractivity (Wildman–Crippen MR) is 63.9 cm³/mol. The Balaban J connectivity index is 2.28. The zero-order valence-corrected chi connectivity index (χ0v) is 10.8. The lowest BCUT2D eigenvalue weighted by Gasteiger charge is -2.39. The number of esters is 1. The van der Waals surface area contributed by atoms with Crippen molar-refractivity contribution in [3.63, 3.8) is 0 Å². The van der Waals surface area contributed by atoms with Crippen molar-refractivity contribution >= 4 is 5.97 Å². The maximum absolute atomic E-state index is 11.6. The first-order chi connectivity index (χ1) is 7.34.